The second-order valence-electron chi connectivity index (χ2n) is 6.51. The molecule has 1 aliphatic rings. The lowest BCUT2D eigenvalue weighted by Gasteiger charge is -2.33. The minimum absolute atomic E-state index is 0.0333. The summed E-state index contributed by atoms with van der Waals surface area (Å²) in [5, 5.41) is 13.1. The highest BCUT2D eigenvalue weighted by atomic mass is 32.2. The van der Waals surface area contributed by atoms with E-state index in [2.05, 4.69) is 5.10 Å². The van der Waals surface area contributed by atoms with Crippen molar-refractivity contribution in [3.05, 3.63) is 42.2 Å². The zero-order valence-electron chi connectivity index (χ0n) is 15.4. The summed E-state index contributed by atoms with van der Waals surface area (Å²) in [6.45, 7) is 2.97. The van der Waals surface area contributed by atoms with Crippen LogP contribution in [0.5, 0.6) is 5.75 Å². The molecule has 0 radical (unpaired) electrons. The first-order chi connectivity index (χ1) is 13.0. The number of piperidine rings is 1. The van der Waals surface area contributed by atoms with Crippen LogP contribution in [-0.4, -0.2) is 57.1 Å². The van der Waals surface area contributed by atoms with E-state index in [9.17, 15) is 9.59 Å². The Balaban J connectivity index is 1.53. The van der Waals surface area contributed by atoms with Gasteiger partial charge in [-0.15, -0.1) is 11.8 Å². The minimum atomic E-state index is -0.981. The number of benzene rings is 1. The molecule has 144 valence electrons. The number of hydrogen-bond donors (Lipinski definition) is 1. The van der Waals surface area contributed by atoms with Crippen molar-refractivity contribution in [1.29, 1.82) is 0 Å². The van der Waals surface area contributed by atoms with Crippen molar-refractivity contribution in [1.82, 2.24) is 14.7 Å². The number of aromatic nitrogens is 2. The summed E-state index contributed by atoms with van der Waals surface area (Å²) in [6.07, 6.45) is 5.85. The molecule has 1 aliphatic heterocycles. The summed E-state index contributed by atoms with van der Waals surface area (Å²) in [5.74, 6) is -0.333. The van der Waals surface area contributed by atoms with Crippen LogP contribution in [0.1, 0.15) is 36.2 Å². The van der Waals surface area contributed by atoms with Crippen molar-refractivity contribution in [2.45, 2.75) is 36.8 Å². The fourth-order valence-corrected chi connectivity index (χ4v) is 3.57. The van der Waals surface area contributed by atoms with Crippen molar-refractivity contribution in [2.24, 2.45) is 0 Å². The van der Waals surface area contributed by atoms with Gasteiger partial charge in [0.05, 0.1) is 17.8 Å². The number of carbonyl (C=O) groups is 2. The van der Waals surface area contributed by atoms with E-state index in [1.165, 1.54) is 6.20 Å². The van der Waals surface area contributed by atoms with Crippen LogP contribution in [0.2, 0.25) is 0 Å². The Kier molecular flexibility index (Phi) is 6.05. The average molecular weight is 389 g/mol. The highest BCUT2D eigenvalue weighted by molar-refractivity contribution is 7.98. The van der Waals surface area contributed by atoms with Crippen LogP contribution in [0, 0.1) is 0 Å². The Morgan fingerprint density at radius 1 is 1.26 bits per heavy atom. The third-order valence-electron chi connectivity index (χ3n) is 4.72. The molecule has 3 rings (SSSR count). The molecule has 0 bridgehead atoms. The van der Waals surface area contributed by atoms with Crippen LogP contribution < -0.4 is 4.74 Å². The van der Waals surface area contributed by atoms with E-state index >= 15 is 0 Å². The summed E-state index contributed by atoms with van der Waals surface area (Å²) < 4.78 is 7.48. The first-order valence-electron chi connectivity index (χ1n) is 8.85. The lowest BCUT2D eigenvalue weighted by atomic mass is 10.0. The second-order valence-corrected chi connectivity index (χ2v) is 7.39. The molecule has 1 saturated heterocycles. The summed E-state index contributed by atoms with van der Waals surface area (Å²) >= 11 is 1.66. The molecule has 1 fully saturated rings. The molecule has 1 aromatic heterocycles. The molecule has 2 heterocycles. The van der Waals surface area contributed by atoms with Crippen molar-refractivity contribution in [2.75, 3.05) is 19.3 Å². The van der Waals surface area contributed by atoms with Gasteiger partial charge in [0, 0.05) is 24.2 Å². The van der Waals surface area contributed by atoms with E-state index in [0.29, 0.717) is 18.8 Å². The normalized spacial score (nSPS) is 16.1. The fraction of sp³-hybridized carbons (Fsp3) is 0.421. The van der Waals surface area contributed by atoms with Gasteiger partial charge in [0.2, 0.25) is 0 Å². The summed E-state index contributed by atoms with van der Waals surface area (Å²) in [5.41, 5.74) is 0.183. The topological polar surface area (TPSA) is 84.7 Å². The molecular weight excluding hydrogens is 366 g/mol. The number of hydrogen-bond acceptors (Lipinski definition) is 5. The van der Waals surface area contributed by atoms with E-state index in [0.717, 1.165) is 17.7 Å². The minimum Gasteiger partial charge on any atom is -0.481 e. The first kappa shape index (κ1) is 19.3. The molecule has 1 aromatic carbocycles. The van der Waals surface area contributed by atoms with Gasteiger partial charge in [-0.25, -0.2) is 4.79 Å². The van der Waals surface area contributed by atoms with Gasteiger partial charge in [-0.1, -0.05) is 0 Å². The zero-order chi connectivity index (χ0) is 19.4. The van der Waals surface area contributed by atoms with Gasteiger partial charge in [-0.3, -0.25) is 9.48 Å². The molecule has 0 saturated carbocycles. The number of likely N-dealkylation sites (tertiary alicyclic amines) is 1. The number of rotatable bonds is 6. The average Bonchev–Trinajstić information content (AvgIpc) is 3.18. The molecule has 1 amide bonds. The van der Waals surface area contributed by atoms with E-state index in [4.69, 9.17) is 9.84 Å². The molecule has 7 nitrogen and oxygen atoms in total. The summed E-state index contributed by atoms with van der Waals surface area (Å²) in [6, 6.07) is 7.80. The third kappa shape index (κ3) is 4.63. The molecule has 1 N–H and O–H groups in total. The summed E-state index contributed by atoms with van der Waals surface area (Å²) in [4.78, 5) is 26.6. The number of carboxylic acids is 1. The van der Waals surface area contributed by atoms with Crippen molar-refractivity contribution in [3.8, 4) is 5.75 Å². The van der Waals surface area contributed by atoms with Crippen molar-refractivity contribution >= 4 is 23.6 Å². The Morgan fingerprint density at radius 2 is 1.93 bits per heavy atom. The number of carboxylic acid groups (broad SMARTS) is 1. The highest BCUT2D eigenvalue weighted by Gasteiger charge is 2.28. The Bertz CT molecular complexity index is 798. The van der Waals surface area contributed by atoms with Gasteiger partial charge in [0.25, 0.3) is 5.91 Å². The SMILES string of the molecule is CSc1ccc(OC(C)C(=O)N2CCC(n3cc(C(=O)O)cn3)CC2)cc1. The first-order valence-corrected chi connectivity index (χ1v) is 10.1. The van der Waals surface area contributed by atoms with Gasteiger partial charge >= 0.3 is 5.97 Å². The summed E-state index contributed by atoms with van der Waals surface area (Å²) in [7, 11) is 0. The lowest BCUT2D eigenvalue weighted by Crippen LogP contribution is -2.45. The molecule has 0 aliphatic carbocycles. The van der Waals surface area contributed by atoms with Crippen molar-refractivity contribution in [3.63, 3.8) is 0 Å². The van der Waals surface area contributed by atoms with Crippen LogP contribution in [0.4, 0.5) is 0 Å². The fourth-order valence-electron chi connectivity index (χ4n) is 3.16. The van der Waals surface area contributed by atoms with Gasteiger partial charge < -0.3 is 14.7 Å². The molecule has 8 heteroatoms. The number of aromatic carboxylic acids is 1. The number of thioether (sulfide) groups is 1. The largest absolute Gasteiger partial charge is 0.481 e. The number of nitrogens with zero attached hydrogens (tertiary/aromatic N) is 3. The molecular formula is C19H23N3O4S. The van der Waals surface area contributed by atoms with Gasteiger partial charge in [0.1, 0.15) is 5.75 Å². The lowest BCUT2D eigenvalue weighted by molar-refractivity contribution is -0.139. The highest BCUT2D eigenvalue weighted by Crippen LogP contribution is 2.24. The van der Waals surface area contributed by atoms with Crippen LogP contribution in [0.25, 0.3) is 0 Å². The number of carbonyl (C=O) groups excluding carboxylic acids is 1. The quantitative estimate of drug-likeness (QED) is 0.765. The maximum Gasteiger partial charge on any atom is 0.338 e. The van der Waals surface area contributed by atoms with Crippen LogP contribution in [-0.2, 0) is 4.79 Å². The standard InChI is InChI=1S/C19H23N3O4S/c1-13(26-16-3-5-17(27-2)6-4-16)18(23)21-9-7-15(8-10-21)22-12-14(11-20-22)19(24)25/h3-6,11-13,15H,7-10H2,1-2H3,(H,24,25). The van der Waals surface area contributed by atoms with E-state index in [-0.39, 0.29) is 17.5 Å². The van der Waals surface area contributed by atoms with Crippen LogP contribution >= 0.6 is 11.8 Å². The zero-order valence-corrected chi connectivity index (χ0v) is 16.2. The number of amides is 1. The van der Waals surface area contributed by atoms with Gasteiger partial charge in [-0.2, -0.15) is 5.10 Å². The predicted molar refractivity (Wildman–Crippen MR) is 102 cm³/mol. The molecule has 1 atom stereocenters. The second kappa shape index (κ2) is 8.47. The maximum atomic E-state index is 12.7. The monoisotopic (exact) mass is 389 g/mol. The van der Waals surface area contributed by atoms with Gasteiger partial charge in [-0.05, 0) is 50.3 Å². The third-order valence-corrected chi connectivity index (χ3v) is 5.46. The van der Waals surface area contributed by atoms with E-state index < -0.39 is 12.1 Å². The molecule has 0 spiro atoms. The van der Waals surface area contributed by atoms with E-state index in [1.807, 2.05) is 30.5 Å². The smallest absolute Gasteiger partial charge is 0.338 e. The Labute approximate surface area is 162 Å². The van der Waals surface area contributed by atoms with Crippen molar-refractivity contribution < 1.29 is 19.4 Å². The Hall–Kier alpha value is -2.48. The van der Waals surface area contributed by atoms with Crippen LogP contribution in [0.3, 0.4) is 0 Å². The van der Waals surface area contributed by atoms with E-state index in [1.54, 1.807) is 34.5 Å². The van der Waals surface area contributed by atoms with Crippen LogP contribution in [0.15, 0.2) is 41.6 Å². The molecule has 2 aromatic rings. The predicted octanol–water partition coefficient (Wildman–Crippen LogP) is 2.93. The molecule has 27 heavy (non-hydrogen) atoms. The number of ether oxygens (including phenoxy) is 1. The van der Waals surface area contributed by atoms with Gasteiger partial charge in [0.15, 0.2) is 6.10 Å². The molecule has 1 unspecified atom stereocenters. The Morgan fingerprint density at radius 3 is 2.48 bits per heavy atom. The maximum absolute atomic E-state index is 12.7.